The summed E-state index contributed by atoms with van der Waals surface area (Å²) in [6.45, 7) is 2.46. The molecule has 0 aromatic rings. The molecule has 22 heavy (non-hydrogen) atoms. The van der Waals surface area contributed by atoms with Crippen LogP contribution in [-0.4, -0.2) is 62.4 Å². The Morgan fingerprint density at radius 1 is 0.864 bits per heavy atom. The SMILES string of the molecule is [NH3+]CCCNC(C=O)(C=O)CCC(C=O)(C=O)[NH2+]CCC[NH3+]. The maximum absolute atomic E-state index is 11.3. The molecule has 0 amide bonds. The molecular formula is C14H29N4O4+3. The summed E-state index contributed by atoms with van der Waals surface area (Å²) in [6.07, 6.45) is 3.96. The molecule has 0 unspecified atom stereocenters. The monoisotopic (exact) mass is 317 g/mol. The molecule has 0 aromatic carbocycles. The molecule has 0 aliphatic heterocycles. The minimum atomic E-state index is -1.35. The Morgan fingerprint density at radius 3 is 1.91 bits per heavy atom. The van der Waals surface area contributed by atoms with Crippen LogP contribution in [0.2, 0.25) is 0 Å². The average molecular weight is 317 g/mol. The summed E-state index contributed by atoms with van der Waals surface area (Å²) in [5.41, 5.74) is 4.79. The zero-order valence-electron chi connectivity index (χ0n) is 13.1. The van der Waals surface area contributed by atoms with Crippen molar-refractivity contribution in [3.8, 4) is 0 Å². The largest absolute Gasteiger partial charge is 0.358 e. The maximum atomic E-state index is 11.3. The van der Waals surface area contributed by atoms with Gasteiger partial charge in [0.15, 0.2) is 12.6 Å². The molecule has 0 aromatic heterocycles. The number of carbonyl (C=O) groups is 4. The molecule has 0 fully saturated rings. The fraction of sp³-hybridized carbons (Fsp3) is 0.714. The Bertz CT molecular complexity index is 313. The van der Waals surface area contributed by atoms with Crippen LogP contribution in [0.3, 0.4) is 0 Å². The standard InChI is InChI=1S/C14H26N4O4/c15-5-1-7-17-13(9-19,10-20)3-4-14(11-21,12-22)18-8-2-6-16/h9-12,17-18H,1-8,15-16H2/p+3. The zero-order valence-corrected chi connectivity index (χ0v) is 13.1. The molecule has 0 aliphatic carbocycles. The first-order valence-electron chi connectivity index (χ1n) is 7.61. The van der Waals surface area contributed by atoms with E-state index in [1.165, 1.54) is 0 Å². The van der Waals surface area contributed by atoms with Crippen LogP contribution < -0.4 is 22.1 Å². The van der Waals surface area contributed by atoms with Gasteiger partial charge in [0.25, 0.3) is 0 Å². The normalized spacial score (nSPS) is 11.9. The Balaban J connectivity index is 4.80. The topological polar surface area (TPSA) is 152 Å². The molecule has 0 bridgehead atoms. The van der Waals surface area contributed by atoms with E-state index in [9.17, 15) is 19.2 Å². The molecule has 126 valence electrons. The van der Waals surface area contributed by atoms with E-state index < -0.39 is 11.1 Å². The minimum Gasteiger partial charge on any atom is -0.358 e. The summed E-state index contributed by atoms with van der Waals surface area (Å²) in [6, 6.07) is 0. The Morgan fingerprint density at radius 2 is 1.45 bits per heavy atom. The molecular weight excluding hydrogens is 288 g/mol. The molecule has 0 rings (SSSR count). The van der Waals surface area contributed by atoms with E-state index in [2.05, 4.69) is 16.8 Å². The van der Waals surface area contributed by atoms with E-state index >= 15 is 0 Å². The maximum Gasteiger partial charge on any atom is 0.208 e. The number of hydrogen-bond acceptors (Lipinski definition) is 5. The predicted molar refractivity (Wildman–Crippen MR) is 78.5 cm³/mol. The second-order valence-electron chi connectivity index (χ2n) is 5.46. The van der Waals surface area contributed by atoms with Crippen LogP contribution in [0.25, 0.3) is 0 Å². The molecule has 9 N–H and O–H groups in total. The van der Waals surface area contributed by atoms with Crippen LogP contribution in [-0.2, 0) is 19.2 Å². The van der Waals surface area contributed by atoms with Crippen molar-refractivity contribution in [1.29, 1.82) is 0 Å². The number of aldehydes is 4. The highest BCUT2D eigenvalue weighted by Gasteiger charge is 2.38. The molecule has 0 atom stereocenters. The fourth-order valence-electron chi connectivity index (χ4n) is 2.05. The number of rotatable bonds is 15. The molecule has 0 aliphatic rings. The highest BCUT2D eigenvalue weighted by atomic mass is 16.1. The van der Waals surface area contributed by atoms with Gasteiger partial charge < -0.3 is 26.4 Å². The van der Waals surface area contributed by atoms with Crippen LogP contribution in [0, 0.1) is 0 Å². The number of nitrogens with two attached hydrogens (primary N) is 1. The van der Waals surface area contributed by atoms with Gasteiger partial charge in [-0.3, -0.25) is 14.9 Å². The summed E-state index contributed by atoms with van der Waals surface area (Å²) in [4.78, 5) is 45.2. The third kappa shape index (κ3) is 6.52. The van der Waals surface area contributed by atoms with E-state index in [-0.39, 0.29) is 12.8 Å². The van der Waals surface area contributed by atoms with Crippen LogP contribution >= 0.6 is 0 Å². The third-order valence-corrected chi connectivity index (χ3v) is 3.69. The van der Waals surface area contributed by atoms with Crippen molar-refractivity contribution >= 4 is 25.1 Å². The van der Waals surface area contributed by atoms with Gasteiger partial charge in [-0.1, -0.05) is 0 Å². The number of nitrogens with one attached hydrogen (secondary N) is 1. The van der Waals surface area contributed by atoms with E-state index in [0.29, 0.717) is 51.3 Å². The van der Waals surface area contributed by atoms with Gasteiger partial charge >= 0.3 is 0 Å². The van der Waals surface area contributed by atoms with E-state index in [0.717, 1.165) is 12.8 Å². The van der Waals surface area contributed by atoms with Gasteiger partial charge in [-0.2, -0.15) is 0 Å². The highest BCUT2D eigenvalue weighted by molar-refractivity contribution is 5.90. The molecule has 0 radical (unpaired) electrons. The number of quaternary nitrogens is 3. The van der Waals surface area contributed by atoms with E-state index in [1.807, 2.05) is 0 Å². The lowest BCUT2D eigenvalue weighted by Crippen LogP contribution is -2.98. The lowest BCUT2D eigenvalue weighted by molar-refractivity contribution is -0.698. The van der Waals surface area contributed by atoms with Gasteiger partial charge in [-0.25, -0.2) is 0 Å². The van der Waals surface area contributed by atoms with Crippen molar-refractivity contribution in [1.82, 2.24) is 5.32 Å². The van der Waals surface area contributed by atoms with Crippen LogP contribution in [0.1, 0.15) is 25.7 Å². The Hall–Kier alpha value is -1.48. The summed E-state index contributed by atoms with van der Waals surface area (Å²) in [7, 11) is 0. The lowest BCUT2D eigenvalue weighted by Gasteiger charge is -2.27. The molecule has 0 heterocycles. The third-order valence-electron chi connectivity index (χ3n) is 3.69. The second-order valence-corrected chi connectivity index (χ2v) is 5.46. The zero-order chi connectivity index (χ0) is 16.9. The van der Waals surface area contributed by atoms with Crippen LogP contribution in [0.5, 0.6) is 0 Å². The summed E-state index contributed by atoms with van der Waals surface area (Å²) >= 11 is 0. The van der Waals surface area contributed by atoms with E-state index in [4.69, 9.17) is 0 Å². The first-order chi connectivity index (χ1) is 10.6. The van der Waals surface area contributed by atoms with Crippen molar-refractivity contribution in [3.05, 3.63) is 0 Å². The fourth-order valence-corrected chi connectivity index (χ4v) is 2.05. The predicted octanol–water partition coefficient (Wildman–Crippen LogP) is -4.54. The van der Waals surface area contributed by atoms with Crippen LogP contribution in [0.4, 0.5) is 0 Å². The first kappa shape index (κ1) is 20.5. The molecule has 8 nitrogen and oxygen atoms in total. The average Bonchev–Trinajstić information content (AvgIpc) is 2.57. The van der Waals surface area contributed by atoms with Gasteiger partial charge in [0.2, 0.25) is 5.54 Å². The summed E-state index contributed by atoms with van der Waals surface area (Å²) in [5.74, 6) is 0. The van der Waals surface area contributed by atoms with E-state index in [1.54, 1.807) is 5.32 Å². The molecule has 0 spiro atoms. The summed E-state index contributed by atoms with van der Waals surface area (Å²) < 4.78 is 0. The summed E-state index contributed by atoms with van der Waals surface area (Å²) in [5, 5.41) is 4.54. The second kappa shape index (κ2) is 11.1. The first-order valence-corrected chi connectivity index (χ1v) is 7.61. The molecule has 0 saturated heterocycles. The van der Waals surface area contributed by atoms with Crippen molar-refractivity contribution in [2.45, 2.75) is 36.8 Å². The van der Waals surface area contributed by atoms with Crippen molar-refractivity contribution in [2.24, 2.45) is 0 Å². The Labute approximate surface area is 130 Å². The van der Waals surface area contributed by atoms with Gasteiger partial charge in [0.1, 0.15) is 18.1 Å². The minimum absolute atomic E-state index is 0.0928. The van der Waals surface area contributed by atoms with Gasteiger partial charge in [-0.05, 0) is 6.42 Å². The smallest absolute Gasteiger partial charge is 0.208 e. The number of carbonyl (C=O) groups excluding carboxylic acids is 4. The van der Waals surface area contributed by atoms with Gasteiger partial charge in [0.05, 0.1) is 19.6 Å². The quantitative estimate of drug-likeness (QED) is 0.136. The van der Waals surface area contributed by atoms with Crippen molar-refractivity contribution in [3.63, 3.8) is 0 Å². The van der Waals surface area contributed by atoms with Crippen molar-refractivity contribution < 1.29 is 36.0 Å². The number of hydrogen-bond donors (Lipinski definition) is 4. The van der Waals surface area contributed by atoms with Crippen molar-refractivity contribution in [2.75, 3.05) is 26.2 Å². The van der Waals surface area contributed by atoms with Gasteiger partial charge in [-0.15, -0.1) is 0 Å². The van der Waals surface area contributed by atoms with Gasteiger partial charge in [0, 0.05) is 25.8 Å². The lowest BCUT2D eigenvalue weighted by atomic mass is 9.87. The molecule has 0 saturated carbocycles. The molecule has 8 heteroatoms. The Kier molecular flexibility index (Phi) is 10.4. The van der Waals surface area contributed by atoms with Crippen LogP contribution in [0.15, 0.2) is 0 Å². The highest BCUT2D eigenvalue weighted by Crippen LogP contribution is 2.13.